The summed E-state index contributed by atoms with van der Waals surface area (Å²) in [6.45, 7) is 5.25. The molecule has 1 amide bonds. The fraction of sp³-hybridized carbons (Fsp3) is 0.381. The van der Waals surface area contributed by atoms with Crippen LogP contribution in [0.25, 0.3) is 0 Å². The Morgan fingerprint density at radius 1 is 1.15 bits per heavy atom. The minimum absolute atomic E-state index is 0.0617. The van der Waals surface area contributed by atoms with Crippen LogP contribution in [-0.4, -0.2) is 35.8 Å². The van der Waals surface area contributed by atoms with E-state index >= 15 is 0 Å². The molecule has 6 heteroatoms. The van der Waals surface area contributed by atoms with Crippen molar-refractivity contribution < 1.29 is 18.3 Å². The van der Waals surface area contributed by atoms with Crippen molar-refractivity contribution in [1.29, 1.82) is 0 Å². The Morgan fingerprint density at radius 3 is 2.59 bits per heavy atom. The maximum Gasteiger partial charge on any atom is 0.232 e. The summed E-state index contributed by atoms with van der Waals surface area (Å²) >= 11 is 1.56. The number of hydrogen-bond donors (Lipinski definition) is 0. The van der Waals surface area contributed by atoms with E-state index in [2.05, 4.69) is 18.2 Å². The normalized spacial score (nSPS) is 15.0. The number of carbonyl (C=O) groups is 1. The van der Waals surface area contributed by atoms with Crippen LogP contribution < -0.4 is 4.74 Å². The van der Waals surface area contributed by atoms with E-state index in [-0.39, 0.29) is 17.8 Å². The van der Waals surface area contributed by atoms with Gasteiger partial charge in [0.1, 0.15) is 11.9 Å². The van der Waals surface area contributed by atoms with Crippen LogP contribution in [0.3, 0.4) is 0 Å². The third-order valence-corrected chi connectivity index (χ3v) is 5.82. The lowest BCUT2D eigenvalue weighted by molar-refractivity contribution is -0.130. The van der Waals surface area contributed by atoms with Crippen LogP contribution in [0.4, 0.5) is 8.78 Å². The maximum atomic E-state index is 13.7. The van der Waals surface area contributed by atoms with Gasteiger partial charge in [-0.3, -0.25) is 4.79 Å². The Kier molecular flexibility index (Phi) is 6.37. The van der Waals surface area contributed by atoms with Gasteiger partial charge in [-0.05, 0) is 37.6 Å². The number of nitrogens with zero attached hydrogens (tertiary/aromatic N) is 1. The summed E-state index contributed by atoms with van der Waals surface area (Å²) in [7, 11) is 0. The summed E-state index contributed by atoms with van der Waals surface area (Å²) in [6, 6.07) is 9.54. The summed E-state index contributed by atoms with van der Waals surface area (Å²) in [6.07, 6.45) is 1.11. The van der Waals surface area contributed by atoms with E-state index in [1.807, 2.05) is 18.7 Å². The average Bonchev–Trinajstić information content (AvgIpc) is 2.65. The molecule has 2 aromatic carbocycles. The van der Waals surface area contributed by atoms with Gasteiger partial charge < -0.3 is 9.64 Å². The van der Waals surface area contributed by atoms with Gasteiger partial charge in [-0.15, -0.1) is 11.8 Å². The fourth-order valence-electron chi connectivity index (χ4n) is 3.07. The van der Waals surface area contributed by atoms with Crippen LogP contribution >= 0.6 is 11.8 Å². The summed E-state index contributed by atoms with van der Waals surface area (Å²) in [4.78, 5) is 15.5. The van der Waals surface area contributed by atoms with Gasteiger partial charge in [0.05, 0.1) is 5.75 Å². The zero-order valence-corrected chi connectivity index (χ0v) is 16.3. The highest BCUT2D eigenvalue weighted by Gasteiger charge is 2.24. The molecule has 0 atom stereocenters. The number of likely N-dealkylation sites (tertiary alicyclic amines) is 1. The lowest BCUT2D eigenvalue weighted by atomic mass is 10.1. The molecule has 0 spiro atoms. The highest BCUT2D eigenvalue weighted by molar-refractivity contribution is 8.00. The van der Waals surface area contributed by atoms with Crippen molar-refractivity contribution in [2.24, 2.45) is 0 Å². The van der Waals surface area contributed by atoms with E-state index in [0.29, 0.717) is 31.7 Å². The van der Waals surface area contributed by atoms with Gasteiger partial charge in [-0.1, -0.05) is 17.7 Å². The Hall–Kier alpha value is -2.08. The molecule has 0 bridgehead atoms. The molecule has 27 heavy (non-hydrogen) atoms. The first kappa shape index (κ1) is 19.7. The molecule has 1 fully saturated rings. The second kappa shape index (κ2) is 8.74. The molecule has 3 rings (SSSR count). The van der Waals surface area contributed by atoms with Gasteiger partial charge >= 0.3 is 0 Å². The molecule has 0 aliphatic carbocycles. The van der Waals surface area contributed by atoms with E-state index < -0.39 is 11.6 Å². The zero-order chi connectivity index (χ0) is 19.4. The van der Waals surface area contributed by atoms with E-state index in [1.54, 1.807) is 11.8 Å². The number of carbonyl (C=O) groups excluding carboxylic acids is 1. The van der Waals surface area contributed by atoms with Crippen molar-refractivity contribution in [2.75, 3.05) is 18.8 Å². The van der Waals surface area contributed by atoms with E-state index in [9.17, 15) is 13.6 Å². The molecule has 1 aliphatic heterocycles. The molecular weight excluding hydrogens is 368 g/mol. The molecular formula is C21H23F2NO2S. The molecule has 0 aromatic heterocycles. The standard InChI is InChI=1S/C21H23F2NO2S/c1-14-3-4-15(2)20(11-14)27-13-21(25)24-9-7-17(8-10-24)26-19-6-5-16(22)12-18(19)23/h3-6,11-12,17H,7-10,13H2,1-2H3. The average molecular weight is 391 g/mol. The number of amides is 1. The first-order valence-electron chi connectivity index (χ1n) is 9.02. The highest BCUT2D eigenvalue weighted by Crippen LogP contribution is 2.26. The van der Waals surface area contributed by atoms with Crippen molar-refractivity contribution >= 4 is 17.7 Å². The minimum Gasteiger partial charge on any atom is -0.487 e. The Labute approximate surface area is 162 Å². The zero-order valence-electron chi connectivity index (χ0n) is 15.5. The van der Waals surface area contributed by atoms with Crippen LogP contribution in [-0.2, 0) is 4.79 Å². The number of halogens is 2. The first-order chi connectivity index (χ1) is 12.9. The lowest BCUT2D eigenvalue weighted by Gasteiger charge is -2.32. The molecule has 144 valence electrons. The topological polar surface area (TPSA) is 29.5 Å². The van der Waals surface area contributed by atoms with Crippen molar-refractivity contribution in [3.05, 3.63) is 59.2 Å². The predicted molar refractivity (Wildman–Crippen MR) is 103 cm³/mol. The number of piperidine rings is 1. The predicted octanol–water partition coefficient (Wildman–Crippen LogP) is 4.74. The number of hydrogen-bond acceptors (Lipinski definition) is 3. The third kappa shape index (κ3) is 5.22. The molecule has 1 heterocycles. The minimum atomic E-state index is -0.696. The van der Waals surface area contributed by atoms with Crippen molar-refractivity contribution in [3.63, 3.8) is 0 Å². The molecule has 0 saturated carbocycles. The number of benzene rings is 2. The molecule has 1 aliphatic rings. The highest BCUT2D eigenvalue weighted by atomic mass is 32.2. The Morgan fingerprint density at radius 2 is 1.89 bits per heavy atom. The molecule has 0 N–H and O–H groups in total. The SMILES string of the molecule is Cc1ccc(C)c(SCC(=O)N2CCC(Oc3ccc(F)cc3F)CC2)c1. The van der Waals surface area contributed by atoms with Gasteiger partial charge in [-0.2, -0.15) is 0 Å². The van der Waals surface area contributed by atoms with Crippen LogP contribution in [0.5, 0.6) is 5.75 Å². The van der Waals surface area contributed by atoms with Crippen LogP contribution in [0.2, 0.25) is 0 Å². The second-order valence-corrected chi connectivity index (χ2v) is 7.85. The molecule has 0 unspecified atom stereocenters. The number of aryl methyl sites for hydroxylation is 2. The van der Waals surface area contributed by atoms with Crippen molar-refractivity contribution in [3.8, 4) is 5.75 Å². The summed E-state index contributed by atoms with van der Waals surface area (Å²) < 4.78 is 32.3. The molecule has 0 radical (unpaired) electrons. The van der Waals surface area contributed by atoms with Crippen LogP contribution in [0.15, 0.2) is 41.3 Å². The number of thioether (sulfide) groups is 1. The van der Waals surface area contributed by atoms with Gasteiger partial charge in [0.15, 0.2) is 11.6 Å². The number of rotatable bonds is 5. The maximum absolute atomic E-state index is 13.7. The first-order valence-corrected chi connectivity index (χ1v) is 10.0. The smallest absolute Gasteiger partial charge is 0.232 e. The van der Waals surface area contributed by atoms with Crippen molar-refractivity contribution in [2.45, 2.75) is 37.7 Å². The molecule has 1 saturated heterocycles. The fourth-order valence-corrected chi connectivity index (χ4v) is 4.09. The van der Waals surface area contributed by atoms with E-state index in [0.717, 1.165) is 11.0 Å². The van der Waals surface area contributed by atoms with Crippen LogP contribution in [0, 0.1) is 25.5 Å². The second-order valence-electron chi connectivity index (χ2n) is 6.83. The summed E-state index contributed by atoms with van der Waals surface area (Å²) in [5.74, 6) is -0.749. The third-order valence-electron chi connectivity index (χ3n) is 4.68. The van der Waals surface area contributed by atoms with E-state index in [1.165, 1.54) is 23.3 Å². The largest absolute Gasteiger partial charge is 0.487 e. The van der Waals surface area contributed by atoms with Gasteiger partial charge in [0.25, 0.3) is 0 Å². The quantitative estimate of drug-likeness (QED) is 0.690. The molecule has 3 nitrogen and oxygen atoms in total. The number of ether oxygens (including phenoxy) is 1. The lowest BCUT2D eigenvalue weighted by Crippen LogP contribution is -2.42. The summed E-state index contributed by atoms with van der Waals surface area (Å²) in [5, 5.41) is 0. The van der Waals surface area contributed by atoms with Crippen LogP contribution in [0.1, 0.15) is 24.0 Å². The Bertz CT molecular complexity index is 820. The van der Waals surface area contributed by atoms with E-state index in [4.69, 9.17) is 4.74 Å². The van der Waals surface area contributed by atoms with Gasteiger partial charge in [-0.25, -0.2) is 8.78 Å². The molecule has 2 aromatic rings. The van der Waals surface area contributed by atoms with Gasteiger partial charge in [0.2, 0.25) is 5.91 Å². The van der Waals surface area contributed by atoms with Gasteiger partial charge in [0, 0.05) is 36.9 Å². The summed E-state index contributed by atoms with van der Waals surface area (Å²) in [5.41, 5.74) is 2.35. The Balaban J connectivity index is 1.48. The monoisotopic (exact) mass is 391 g/mol. The van der Waals surface area contributed by atoms with Crippen molar-refractivity contribution in [1.82, 2.24) is 4.90 Å².